The topological polar surface area (TPSA) is 16.4 Å². The fourth-order valence-corrected chi connectivity index (χ4v) is 2.46. The molecule has 0 bridgehead atoms. The van der Waals surface area contributed by atoms with Crippen molar-refractivity contribution in [3.8, 4) is 0 Å². The van der Waals surface area contributed by atoms with Crippen LogP contribution in [-0.4, -0.2) is 18.5 Å². The molecule has 78 valence electrons. The van der Waals surface area contributed by atoms with Gasteiger partial charge in [-0.05, 0) is 25.1 Å². The summed E-state index contributed by atoms with van der Waals surface area (Å²) in [5.41, 5.74) is 3.45. The molecule has 0 atom stereocenters. The van der Waals surface area contributed by atoms with Crippen LogP contribution in [0.5, 0.6) is 0 Å². The maximum Gasteiger partial charge on any atom is 0.153 e. The van der Waals surface area contributed by atoms with Crippen molar-refractivity contribution in [1.29, 1.82) is 0 Å². The summed E-state index contributed by atoms with van der Waals surface area (Å²) >= 11 is 6.11. The van der Waals surface area contributed by atoms with Crippen LogP contribution < -0.4 is 0 Å². The molecule has 1 aliphatic rings. The second-order valence-electron chi connectivity index (χ2n) is 4.16. The van der Waals surface area contributed by atoms with Gasteiger partial charge in [0, 0.05) is 24.0 Å². The summed E-state index contributed by atoms with van der Waals surface area (Å²) in [6.07, 6.45) is 2.90. The van der Waals surface area contributed by atoms with E-state index in [4.69, 9.17) is 16.0 Å². The van der Waals surface area contributed by atoms with Gasteiger partial charge in [-0.15, -0.1) is 0 Å². The lowest BCUT2D eigenvalue weighted by Gasteiger charge is -2.11. The number of benzene rings is 1. The molecule has 0 saturated carbocycles. The molecule has 0 fully saturated rings. The largest absolute Gasteiger partial charge is 0.462 e. The van der Waals surface area contributed by atoms with Crippen molar-refractivity contribution in [3.63, 3.8) is 0 Å². The van der Waals surface area contributed by atoms with E-state index in [2.05, 4.69) is 18.0 Å². The highest BCUT2D eigenvalue weighted by atomic mass is 35.5. The number of likely N-dealkylation sites (N-methyl/N-ethyl adjacent to an activating group) is 1. The fourth-order valence-electron chi connectivity index (χ4n) is 2.26. The van der Waals surface area contributed by atoms with Crippen molar-refractivity contribution in [2.24, 2.45) is 0 Å². The van der Waals surface area contributed by atoms with Crippen LogP contribution >= 0.6 is 11.6 Å². The van der Waals surface area contributed by atoms with E-state index in [-0.39, 0.29) is 0 Å². The lowest BCUT2D eigenvalue weighted by atomic mass is 10.1. The first-order valence-electron chi connectivity index (χ1n) is 5.11. The van der Waals surface area contributed by atoms with Crippen LogP contribution in [0.15, 0.2) is 22.8 Å². The first kappa shape index (κ1) is 9.25. The third kappa shape index (κ3) is 1.36. The highest BCUT2D eigenvalue weighted by Crippen LogP contribution is 2.33. The van der Waals surface area contributed by atoms with Gasteiger partial charge in [-0.25, -0.2) is 0 Å². The fraction of sp³-hybridized carbons (Fsp3) is 0.333. The van der Waals surface area contributed by atoms with Crippen molar-refractivity contribution in [2.45, 2.75) is 13.0 Å². The Bertz CT molecular complexity index is 518. The molecule has 0 unspecified atom stereocenters. The molecule has 0 amide bonds. The predicted molar refractivity (Wildman–Crippen MR) is 61.3 cm³/mol. The molecule has 1 aliphatic heterocycles. The molecule has 2 heterocycles. The Morgan fingerprint density at radius 3 is 3.07 bits per heavy atom. The normalized spacial score (nSPS) is 16.9. The smallest absolute Gasteiger partial charge is 0.153 e. The van der Waals surface area contributed by atoms with E-state index in [9.17, 15) is 0 Å². The monoisotopic (exact) mass is 221 g/mol. The molecule has 3 rings (SSSR count). The van der Waals surface area contributed by atoms with Gasteiger partial charge < -0.3 is 9.32 Å². The van der Waals surface area contributed by atoms with Gasteiger partial charge >= 0.3 is 0 Å². The van der Waals surface area contributed by atoms with Gasteiger partial charge in [0.2, 0.25) is 0 Å². The van der Waals surface area contributed by atoms with Crippen molar-refractivity contribution in [1.82, 2.24) is 4.90 Å². The van der Waals surface area contributed by atoms with Gasteiger partial charge in [0.05, 0.1) is 11.3 Å². The standard InChI is InChI=1S/C12H12ClNO/c1-14-5-4-8-2-3-10(13)12-11(8)9(6-14)7-15-12/h2-3,7H,4-6H2,1H3. The Labute approximate surface area is 93.4 Å². The summed E-state index contributed by atoms with van der Waals surface area (Å²) in [5, 5.41) is 1.94. The molecule has 0 radical (unpaired) electrons. The van der Waals surface area contributed by atoms with Crippen LogP contribution in [0.3, 0.4) is 0 Å². The summed E-state index contributed by atoms with van der Waals surface area (Å²) in [4.78, 5) is 2.30. The number of rotatable bonds is 0. The first-order valence-corrected chi connectivity index (χ1v) is 5.49. The van der Waals surface area contributed by atoms with E-state index in [1.165, 1.54) is 16.5 Å². The summed E-state index contributed by atoms with van der Waals surface area (Å²) in [7, 11) is 2.13. The van der Waals surface area contributed by atoms with Crippen molar-refractivity contribution in [3.05, 3.63) is 34.5 Å². The molecule has 1 aromatic heterocycles. The molecule has 3 heteroatoms. The van der Waals surface area contributed by atoms with Crippen molar-refractivity contribution in [2.75, 3.05) is 13.6 Å². The van der Waals surface area contributed by atoms with Gasteiger partial charge in [0.1, 0.15) is 0 Å². The first-order chi connectivity index (χ1) is 7.25. The number of furan rings is 1. The van der Waals surface area contributed by atoms with E-state index in [0.29, 0.717) is 5.02 Å². The summed E-state index contributed by atoms with van der Waals surface area (Å²) in [6.45, 7) is 2.03. The minimum absolute atomic E-state index is 0.713. The Morgan fingerprint density at radius 2 is 2.20 bits per heavy atom. The van der Waals surface area contributed by atoms with E-state index < -0.39 is 0 Å². The maximum atomic E-state index is 6.11. The zero-order valence-electron chi connectivity index (χ0n) is 8.59. The molecule has 0 spiro atoms. The van der Waals surface area contributed by atoms with Crippen molar-refractivity contribution < 1.29 is 4.42 Å². The quantitative estimate of drug-likeness (QED) is 0.680. The Morgan fingerprint density at radius 1 is 1.33 bits per heavy atom. The van der Waals surface area contributed by atoms with Crippen LogP contribution in [0.1, 0.15) is 11.1 Å². The summed E-state index contributed by atoms with van der Waals surface area (Å²) in [6, 6.07) is 4.04. The third-order valence-electron chi connectivity index (χ3n) is 3.04. The van der Waals surface area contributed by atoms with E-state index in [1.807, 2.05) is 12.3 Å². The van der Waals surface area contributed by atoms with Crippen LogP contribution in [-0.2, 0) is 13.0 Å². The number of nitrogens with zero attached hydrogens (tertiary/aromatic N) is 1. The molecule has 2 nitrogen and oxygen atoms in total. The molecule has 15 heavy (non-hydrogen) atoms. The second-order valence-corrected chi connectivity index (χ2v) is 4.57. The molecule has 0 saturated heterocycles. The highest BCUT2D eigenvalue weighted by molar-refractivity contribution is 6.35. The zero-order chi connectivity index (χ0) is 10.4. The van der Waals surface area contributed by atoms with Crippen LogP contribution in [0.25, 0.3) is 11.0 Å². The SMILES string of the molecule is CN1CCc2ccc(Cl)c3occ(c23)C1. The van der Waals surface area contributed by atoms with Crippen LogP contribution in [0.4, 0.5) is 0 Å². The summed E-state index contributed by atoms with van der Waals surface area (Å²) in [5.74, 6) is 0. The van der Waals surface area contributed by atoms with Gasteiger partial charge in [-0.3, -0.25) is 0 Å². The molecule has 2 aromatic rings. The molecular weight excluding hydrogens is 210 g/mol. The average molecular weight is 222 g/mol. The Balaban J connectivity index is 2.33. The summed E-state index contributed by atoms with van der Waals surface area (Å²) < 4.78 is 5.54. The van der Waals surface area contributed by atoms with Gasteiger partial charge in [0.25, 0.3) is 0 Å². The maximum absolute atomic E-state index is 6.11. The lowest BCUT2D eigenvalue weighted by molar-refractivity contribution is 0.334. The number of halogens is 1. The molecule has 0 N–H and O–H groups in total. The second kappa shape index (κ2) is 3.26. The molecular formula is C12H12ClNO. The number of hydrogen-bond acceptors (Lipinski definition) is 2. The lowest BCUT2D eigenvalue weighted by Crippen LogP contribution is -2.18. The highest BCUT2D eigenvalue weighted by Gasteiger charge is 2.18. The predicted octanol–water partition coefficient (Wildman–Crippen LogP) is 3.07. The van der Waals surface area contributed by atoms with Gasteiger partial charge in [-0.2, -0.15) is 0 Å². The number of hydrogen-bond donors (Lipinski definition) is 0. The molecule has 1 aromatic carbocycles. The van der Waals surface area contributed by atoms with E-state index >= 15 is 0 Å². The minimum Gasteiger partial charge on any atom is -0.462 e. The zero-order valence-corrected chi connectivity index (χ0v) is 9.34. The molecule has 0 aliphatic carbocycles. The van der Waals surface area contributed by atoms with Crippen LogP contribution in [0.2, 0.25) is 5.02 Å². The van der Waals surface area contributed by atoms with Gasteiger partial charge in [-0.1, -0.05) is 17.7 Å². The Hall–Kier alpha value is -0.990. The minimum atomic E-state index is 0.713. The van der Waals surface area contributed by atoms with E-state index in [1.54, 1.807) is 0 Å². The van der Waals surface area contributed by atoms with Crippen LogP contribution in [0, 0.1) is 0 Å². The van der Waals surface area contributed by atoms with E-state index in [0.717, 1.165) is 25.1 Å². The average Bonchev–Trinajstić information content (AvgIpc) is 2.55. The third-order valence-corrected chi connectivity index (χ3v) is 3.34. The Kier molecular flexibility index (Phi) is 2.01. The van der Waals surface area contributed by atoms with Gasteiger partial charge in [0.15, 0.2) is 5.58 Å². The van der Waals surface area contributed by atoms with Crippen molar-refractivity contribution >= 4 is 22.6 Å².